The van der Waals surface area contributed by atoms with Gasteiger partial charge in [0.1, 0.15) is 6.61 Å². The zero-order valence-electron chi connectivity index (χ0n) is 12.5. The molecule has 1 unspecified atom stereocenters. The Bertz CT molecular complexity index is 537. The number of likely N-dealkylation sites (N-methyl/N-ethyl adjacent to an activating group) is 1. The van der Waals surface area contributed by atoms with Gasteiger partial charge in [-0.2, -0.15) is 0 Å². The normalized spacial score (nSPS) is 17.3. The molecule has 4 heteroatoms. The Balaban J connectivity index is 1.95. The number of hydrogen-bond donors (Lipinski definition) is 0. The summed E-state index contributed by atoms with van der Waals surface area (Å²) >= 11 is 0. The zero-order chi connectivity index (χ0) is 15.1. The Morgan fingerprint density at radius 2 is 2.10 bits per heavy atom. The molecule has 4 nitrogen and oxygen atoms in total. The van der Waals surface area contributed by atoms with Crippen LogP contribution in [-0.4, -0.2) is 36.6 Å². The average Bonchev–Trinajstić information content (AvgIpc) is 2.52. The van der Waals surface area contributed by atoms with Gasteiger partial charge in [-0.25, -0.2) is 0 Å². The number of benzene rings is 1. The average molecular weight is 287 g/mol. The van der Waals surface area contributed by atoms with Crippen LogP contribution in [0.15, 0.2) is 48.6 Å². The van der Waals surface area contributed by atoms with E-state index in [0.29, 0.717) is 19.7 Å². The molecule has 1 aliphatic rings. The highest BCUT2D eigenvalue weighted by atomic mass is 16.6. The summed E-state index contributed by atoms with van der Waals surface area (Å²) in [6.07, 6.45) is 6.90. The summed E-state index contributed by atoms with van der Waals surface area (Å²) in [5.74, 6) is 1.48. The van der Waals surface area contributed by atoms with Crippen LogP contribution in [0, 0.1) is 0 Å². The molecule has 1 aromatic carbocycles. The van der Waals surface area contributed by atoms with Crippen molar-refractivity contribution in [2.45, 2.75) is 20.0 Å². The lowest BCUT2D eigenvalue weighted by Crippen LogP contribution is -2.43. The largest absolute Gasteiger partial charge is 0.486 e. The lowest BCUT2D eigenvalue weighted by Gasteiger charge is -2.30. The van der Waals surface area contributed by atoms with Crippen LogP contribution in [0.3, 0.4) is 0 Å². The number of carbonyl (C=O) groups excluding carboxylic acids is 1. The molecule has 1 aromatic rings. The van der Waals surface area contributed by atoms with Crippen LogP contribution in [0.1, 0.15) is 13.8 Å². The summed E-state index contributed by atoms with van der Waals surface area (Å²) in [6.45, 7) is 5.49. The molecule has 0 spiro atoms. The SMILES string of the molecule is C/C=C/C=C/C(=O)N(CC)CC1COc2ccccc2O1. The van der Waals surface area contributed by atoms with Crippen molar-refractivity contribution in [2.24, 2.45) is 0 Å². The number of para-hydroxylation sites is 2. The van der Waals surface area contributed by atoms with Gasteiger partial charge >= 0.3 is 0 Å². The molecule has 1 amide bonds. The third-order valence-corrected chi connectivity index (χ3v) is 3.23. The van der Waals surface area contributed by atoms with Crippen molar-refractivity contribution < 1.29 is 14.3 Å². The summed E-state index contributed by atoms with van der Waals surface area (Å²) in [4.78, 5) is 13.8. The van der Waals surface area contributed by atoms with Crippen molar-refractivity contribution >= 4 is 5.91 Å². The smallest absolute Gasteiger partial charge is 0.246 e. The highest BCUT2D eigenvalue weighted by Crippen LogP contribution is 2.30. The summed E-state index contributed by atoms with van der Waals surface area (Å²) in [5.41, 5.74) is 0. The second kappa shape index (κ2) is 7.53. The van der Waals surface area contributed by atoms with Gasteiger partial charge in [-0.3, -0.25) is 4.79 Å². The van der Waals surface area contributed by atoms with Crippen LogP contribution in [-0.2, 0) is 4.79 Å². The zero-order valence-corrected chi connectivity index (χ0v) is 12.5. The third kappa shape index (κ3) is 4.12. The maximum Gasteiger partial charge on any atom is 0.246 e. The first-order chi connectivity index (χ1) is 10.2. The number of carbonyl (C=O) groups is 1. The maximum absolute atomic E-state index is 12.1. The number of hydrogen-bond acceptors (Lipinski definition) is 3. The quantitative estimate of drug-likeness (QED) is 0.617. The maximum atomic E-state index is 12.1. The first-order valence-corrected chi connectivity index (χ1v) is 7.21. The number of amides is 1. The van der Waals surface area contributed by atoms with Gasteiger partial charge < -0.3 is 14.4 Å². The van der Waals surface area contributed by atoms with Crippen molar-refractivity contribution in [1.29, 1.82) is 0 Å². The number of allylic oxidation sites excluding steroid dienone is 3. The molecule has 1 heterocycles. The second-order valence-corrected chi connectivity index (χ2v) is 4.76. The third-order valence-electron chi connectivity index (χ3n) is 3.23. The van der Waals surface area contributed by atoms with E-state index in [4.69, 9.17) is 9.47 Å². The van der Waals surface area contributed by atoms with Gasteiger partial charge in [0.05, 0.1) is 6.54 Å². The first-order valence-electron chi connectivity index (χ1n) is 7.21. The fourth-order valence-electron chi connectivity index (χ4n) is 2.13. The van der Waals surface area contributed by atoms with Gasteiger partial charge in [0, 0.05) is 12.6 Å². The molecular formula is C17H21NO3. The lowest BCUT2D eigenvalue weighted by molar-refractivity contribution is -0.127. The van der Waals surface area contributed by atoms with Crippen molar-refractivity contribution in [3.05, 3.63) is 48.6 Å². The van der Waals surface area contributed by atoms with Crippen LogP contribution in [0.5, 0.6) is 11.5 Å². The van der Waals surface area contributed by atoms with Gasteiger partial charge in [0.2, 0.25) is 5.91 Å². The van der Waals surface area contributed by atoms with Crippen molar-refractivity contribution in [3.8, 4) is 11.5 Å². The molecule has 0 radical (unpaired) electrons. The van der Waals surface area contributed by atoms with E-state index in [1.165, 1.54) is 0 Å². The Morgan fingerprint density at radius 1 is 1.33 bits per heavy atom. The molecule has 112 valence electrons. The predicted octanol–water partition coefficient (Wildman–Crippen LogP) is 2.81. The molecule has 0 saturated heterocycles. The molecule has 0 aliphatic carbocycles. The predicted molar refractivity (Wildman–Crippen MR) is 82.6 cm³/mol. The number of fused-ring (bicyclic) bond motifs is 1. The van der Waals surface area contributed by atoms with Gasteiger partial charge in [-0.1, -0.05) is 30.4 Å². The molecular weight excluding hydrogens is 266 g/mol. The van der Waals surface area contributed by atoms with E-state index in [1.807, 2.05) is 50.3 Å². The fraction of sp³-hybridized carbons (Fsp3) is 0.353. The first kappa shape index (κ1) is 15.2. The van der Waals surface area contributed by atoms with E-state index in [0.717, 1.165) is 11.5 Å². The molecule has 0 fully saturated rings. The number of ether oxygens (including phenoxy) is 2. The van der Waals surface area contributed by atoms with Crippen molar-refractivity contribution in [1.82, 2.24) is 4.90 Å². The summed E-state index contributed by atoms with van der Waals surface area (Å²) in [6, 6.07) is 7.59. The Morgan fingerprint density at radius 3 is 2.81 bits per heavy atom. The molecule has 0 saturated carbocycles. The van der Waals surface area contributed by atoms with Crippen molar-refractivity contribution in [2.75, 3.05) is 19.7 Å². The summed E-state index contributed by atoms with van der Waals surface area (Å²) in [7, 11) is 0. The number of rotatable bonds is 5. The monoisotopic (exact) mass is 287 g/mol. The molecule has 2 rings (SSSR count). The van der Waals surface area contributed by atoms with Crippen molar-refractivity contribution in [3.63, 3.8) is 0 Å². The minimum atomic E-state index is -0.140. The van der Waals surface area contributed by atoms with Gasteiger partial charge in [-0.05, 0) is 26.0 Å². The number of nitrogens with zero attached hydrogens (tertiary/aromatic N) is 1. The van der Waals surface area contributed by atoms with Crippen LogP contribution < -0.4 is 9.47 Å². The van der Waals surface area contributed by atoms with Gasteiger partial charge in [0.25, 0.3) is 0 Å². The minimum Gasteiger partial charge on any atom is -0.486 e. The molecule has 1 atom stereocenters. The molecule has 0 aromatic heterocycles. The molecule has 21 heavy (non-hydrogen) atoms. The van der Waals surface area contributed by atoms with Crippen LogP contribution in [0.25, 0.3) is 0 Å². The van der Waals surface area contributed by atoms with E-state index in [-0.39, 0.29) is 12.0 Å². The Hall–Kier alpha value is -2.23. The topological polar surface area (TPSA) is 38.8 Å². The van der Waals surface area contributed by atoms with Gasteiger partial charge in [-0.15, -0.1) is 0 Å². The summed E-state index contributed by atoms with van der Waals surface area (Å²) in [5, 5.41) is 0. The lowest BCUT2D eigenvalue weighted by atomic mass is 10.2. The molecule has 0 N–H and O–H groups in total. The van der Waals surface area contributed by atoms with E-state index in [2.05, 4.69) is 0 Å². The second-order valence-electron chi connectivity index (χ2n) is 4.76. The van der Waals surface area contributed by atoms with E-state index in [9.17, 15) is 4.79 Å². The molecule has 1 aliphatic heterocycles. The van der Waals surface area contributed by atoms with Gasteiger partial charge in [0.15, 0.2) is 17.6 Å². The Kier molecular flexibility index (Phi) is 5.43. The minimum absolute atomic E-state index is 0.0157. The van der Waals surface area contributed by atoms with Crippen LogP contribution >= 0.6 is 0 Å². The fourth-order valence-corrected chi connectivity index (χ4v) is 2.13. The van der Waals surface area contributed by atoms with E-state index < -0.39 is 0 Å². The highest BCUT2D eigenvalue weighted by Gasteiger charge is 2.23. The molecule has 0 bridgehead atoms. The standard InChI is InChI=1S/C17H21NO3/c1-3-5-6-11-17(19)18(4-2)12-14-13-20-15-9-7-8-10-16(15)21-14/h3,5-11,14H,4,12-13H2,1-2H3/b5-3+,11-6+. The summed E-state index contributed by atoms with van der Waals surface area (Å²) < 4.78 is 11.6. The van der Waals surface area contributed by atoms with E-state index >= 15 is 0 Å². The Labute approximate surface area is 125 Å². The van der Waals surface area contributed by atoms with Crippen LogP contribution in [0.2, 0.25) is 0 Å². The van der Waals surface area contributed by atoms with E-state index in [1.54, 1.807) is 17.1 Å². The highest BCUT2D eigenvalue weighted by molar-refractivity contribution is 5.87. The van der Waals surface area contributed by atoms with Crippen LogP contribution in [0.4, 0.5) is 0 Å².